The Morgan fingerprint density at radius 2 is 2.10 bits per heavy atom. The van der Waals surface area contributed by atoms with Gasteiger partial charge in [0.25, 0.3) is 0 Å². The number of likely N-dealkylation sites (tertiary alicyclic amines) is 1. The molecule has 0 spiro atoms. The molecule has 1 aliphatic rings. The molecule has 2 atom stereocenters. The number of nitrogens with two attached hydrogens (primary N) is 1. The van der Waals surface area contributed by atoms with E-state index in [1.165, 1.54) is 0 Å². The average Bonchev–Trinajstić information content (AvgIpc) is 2.80. The molecule has 1 heterocycles. The van der Waals surface area contributed by atoms with Gasteiger partial charge < -0.3 is 10.5 Å². The molecule has 1 fully saturated rings. The lowest BCUT2D eigenvalue weighted by Gasteiger charge is -2.19. The number of rotatable bonds is 5. The number of ether oxygens (including phenoxy) is 1. The standard InChI is InChI=1S/C14H20F2N2O.ClH/c1-10(17)11-6-7-18(8-11)9-12-4-2-3-5-13(12)19-14(15)16;/h2-5,10-11,14H,6-9,17H2,1H3;1H. The first-order valence-corrected chi connectivity index (χ1v) is 6.57. The topological polar surface area (TPSA) is 38.5 Å². The predicted molar refractivity (Wildman–Crippen MR) is 77.4 cm³/mol. The van der Waals surface area contributed by atoms with Crippen LogP contribution < -0.4 is 10.5 Å². The minimum Gasteiger partial charge on any atom is -0.434 e. The molecule has 0 bridgehead atoms. The lowest BCUT2D eigenvalue weighted by atomic mass is 10.0. The molecule has 0 aromatic heterocycles. The Hall–Kier alpha value is -0.910. The Labute approximate surface area is 124 Å². The third-order valence-corrected chi connectivity index (χ3v) is 3.64. The van der Waals surface area contributed by atoms with Gasteiger partial charge in [0, 0.05) is 24.7 Å². The van der Waals surface area contributed by atoms with Gasteiger partial charge in [0.1, 0.15) is 5.75 Å². The van der Waals surface area contributed by atoms with Crippen molar-refractivity contribution >= 4 is 12.4 Å². The van der Waals surface area contributed by atoms with Gasteiger partial charge in [-0.2, -0.15) is 8.78 Å². The smallest absolute Gasteiger partial charge is 0.387 e. The third kappa shape index (κ3) is 4.58. The molecule has 114 valence electrons. The number of benzene rings is 1. The lowest BCUT2D eigenvalue weighted by Crippen LogP contribution is -2.29. The molecule has 1 aromatic rings. The van der Waals surface area contributed by atoms with Gasteiger partial charge in [-0.25, -0.2) is 0 Å². The van der Waals surface area contributed by atoms with E-state index in [0.717, 1.165) is 25.1 Å². The van der Waals surface area contributed by atoms with Crippen molar-refractivity contribution in [3.8, 4) is 5.75 Å². The van der Waals surface area contributed by atoms with E-state index in [1.54, 1.807) is 12.1 Å². The number of halogens is 3. The van der Waals surface area contributed by atoms with Gasteiger partial charge >= 0.3 is 6.61 Å². The Morgan fingerprint density at radius 3 is 2.70 bits per heavy atom. The van der Waals surface area contributed by atoms with Crippen LogP contribution in [-0.4, -0.2) is 30.6 Å². The van der Waals surface area contributed by atoms with Crippen LogP contribution in [0.4, 0.5) is 8.78 Å². The summed E-state index contributed by atoms with van der Waals surface area (Å²) in [6.07, 6.45) is 1.07. The molecule has 1 saturated heterocycles. The Balaban J connectivity index is 0.00000200. The number of hydrogen-bond donors (Lipinski definition) is 1. The minimum atomic E-state index is -2.78. The Morgan fingerprint density at radius 1 is 1.40 bits per heavy atom. The van der Waals surface area contributed by atoms with E-state index in [0.29, 0.717) is 12.5 Å². The summed E-state index contributed by atoms with van der Waals surface area (Å²) >= 11 is 0. The summed E-state index contributed by atoms with van der Waals surface area (Å²) in [5.74, 6) is 0.755. The van der Waals surface area contributed by atoms with Crippen LogP contribution in [0.3, 0.4) is 0 Å². The van der Waals surface area contributed by atoms with Crippen LogP contribution in [0, 0.1) is 5.92 Å². The van der Waals surface area contributed by atoms with Gasteiger partial charge in [0.15, 0.2) is 0 Å². The fourth-order valence-electron chi connectivity index (χ4n) is 2.52. The first-order valence-electron chi connectivity index (χ1n) is 6.57. The van der Waals surface area contributed by atoms with Gasteiger partial charge in [-0.15, -0.1) is 12.4 Å². The van der Waals surface area contributed by atoms with E-state index in [4.69, 9.17) is 5.73 Å². The van der Waals surface area contributed by atoms with Crippen LogP contribution in [0.5, 0.6) is 5.75 Å². The first-order chi connectivity index (χ1) is 9.06. The fourth-order valence-corrected chi connectivity index (χ4v) is 2.52. The van der Waals surface area contributed by atoms with Crippen molar-refractivity contribution in [1.29, 1.82) is 0 Å². The maximum Gasteiger partial charge on any atom is 0.387 e. The van der Waals surface area contributed by atoms with Crippen LogP contribution in [0.15, 0.2) is 24.3 Å². The quantitative estimate of drug-likeness (QED) is 0.909. The van der Waals surface area contributed by atoms with Crippen LogP contribution in [0.1, 0.15) is 18.9 Å². The predicted octanol–water partition coefficient (Wildman–Crippen LogP) is 2.88. The fraction of sp³-hybridized carbons (Fsp3) is 0.571. The van der Waals surface area contributed by atoms with Gasteiger partial charge in [0.2, 0.25) is 0 Å². The van der Waals surface area contributed by atoms with Gasteiger partial charge in [-0.3, -0.25) is 4.90 Å². The monoisotopic (exact) mass is 306 g/mol. The second-order valence-corrected chi connectivity index (χ2v) is 5.13. The maximum absolute atomic E-state index is 12.3. The second-order valence-electron chi connectivity index (χ2n) is 5.13. The van der Waals surface area contributed by atoms with E-state index >= 15 is 0 Å². The highest BCUT2D eigenvalue weighted by molar-refractivity contribution is 5.85. The summed E-state index contributed by atoms with van der Waals surface area (Å²) < 4.78 is 29.2. The van der Waals surface area contributed by atoms with E-state index in [1.807, 2.05) is 19.1 Å². The van der Waals surface area contributed by atoms with E-state index in [2.05, 4.69) is 9.64 Å². The van der Waals surface area contributed by atoms with Crippen molar-refractivity contribution in [3.05, 3.63) is 29.8 Å². The number of para-hydroxylation sites is 1. The summed E-state index contributed by atoms with van der Waals surface area (Å²) in [5.41, 5.74) is 6.70. The summed E-state index contributed by atoms with van der Waals surface area (Å²) in [6, 6.07) is 7.14. The lowest BCUT2D eigenvalue weighted by molar-refractivity contribution is -0.0507. The van der Waals surface area contributed by atoms with Gasteiger partial charge in [-0.1, -0.05) is 18.2 Å². The largest absolute Gasteiger partial charge is 0.434 e. The zero-order valence-electron chi connectivity index (χ0n) is 11.5. The summed E-state index contributed by atoms with van der Waals surface area (Å²) in [7, 11) is 0. The van der Waals surface area contributed by atoms with Crippen molar-refractivity contribution in [2.75, 3.05) is 13.1 Å². The van der Waals surface area contributed by atoms with E-state index < -0.39 is 6.61 Å². The molecule has 2 rings (SSSR count). The van der Waals surface area contributed by atoms with E-state index in [9.17, 15) is 8.78 Å². The summed E-state index contributed by atoms with van der Waals surface area (Å²) in [4.78, 5) is 2.24. The van der Waals surface area contributed by atoms with Crippen molar-refractivity contribution in [1.82, 2.24) is 4.90 Å². The Bertz CT molecular complexity index is 418. The highest BCUT2D eigenvalue weighted by Gasteiger charge is 2.25. The molecule has 6 heteroatoms. The highest BCUT2D eigenvalue weighted by atomic mass is 35.5. The molecule has 0 aliphatic carbocycles. The minimum absolute atomic E-state index is 0. The highest BCUT2D eigenvalue weighted by Crippen LogP contribution is 2.25. The normalized spacial score (nSPS) is 20.8. The van der Waals surface area contributed by atoms with Gasteiger partial charge in [-0.05, 0) is 31.9 Å². The average molecular weight is 307 g/mol. The molecule has 1 aliphatic heterocycles. The van der Waals surface area contributed by atoms with Crippen LogP contribution in [0.2, 0.25) is 0 Å². The van der Waals surface area contributed by atoms with Crippen molar-refractivity contribution in [2.45, 2.75) is 32.5 Å². The summed E-state index contributed by atoms with van der Waals surface area (Å²) in [5, 5.41) is 0. The molecule has 0 radical (unpaired) electrons. The van der Waals surface area contributed by atoms with Crippen molar-refractivity contribution in [3.63, 3.8) is 0 Å². The maximum atomic E-state index is 12.3. The second kappa shape index (κ2) is 7.76. The zero-order valence-corrected chi connectivity index (χ0v) is 12.3. The molecular formula is C14H21ClF2N2O. The first kappa shape index (κ1) is 17.1. The third-order valence-electron chi connectivity index (χ3n) is 3.64. The number of alkyl halides is 2. The Kier molecular flexibility index (Phi) is 6.65. The number of nitrogens with zero attached hydrogens (tertiary/aromatic N) is 1. The van der Waals surface area contributed by atoms with Crippen LogP contribution >= 0.6 is 12.4 Å². The molecule has 0 saturated carbocycles. The van der Waals surface area contributed by atoms with Crippen LogP contribution in [-0.2, 0) is 6.54 Å². The number of hydrogen-bond acceptors (Lipinski definition) is 3. The molecular weight excluding hydrogens is 286 g/mol. The molecule has 1 aromatic carbocycles. The zero-order chi connectivity index (χ0) is 13.8. The molecule has 20 heavy (non-hydrogen) atoms. The summed E-state index contributed by atoms with van der Waals surface area (Å²) in [6.45, 7) is 1.74. The molecule has 2 N–H and O–H groups in total. The molecule has 0 amide bonds. The van der Waals surface area contributed by atoms with E-state index in [-0.39, 0.29) is 24.2 Å². The molecule has 3 nitrogen and oxygen atoms in total. The SMILES string of the molecule is CC(N)C1CCN(Cc2ccccc2OC(F)F)C1.Cl. The van der Waals surface area contributed by atoms with Crippen molar-refractivity contribution in [2.24, 2.45) is 11.7 Å². The van der Waals surface area contributed by atoms with Gasteiger partial charge in [0.05, 0.1) is 0 Å². The van der Waals surface area contributed by atoms with Crippen LogP contribution in [0.25, 0.3) is 0 Å². The molecule has 2 unspecified atom stereocenters. The van der Waals surface area contributed by atoms with Crippen molar-refractivity contribution < 1.29 is 13.5 Å².